The average Bonchev–Trinajstić information content (AvgIpc) is 2.80. The van der Waals surface area contributed by atoms with Crippen LogP contribution < -0.4 is 0 Å². The third-order valence-electron chi connectivity index (χ3n) is 2.84. The molecule has 0 aromatic heterocycles. The SMILES string of the molecule is O=C(O)ON1C(=O)C[C@H](C2CCOC2)C1=O. The van der Waals surface area contributed by atoms with Gasteiger partial charge in [0.1, 0.15) is 0 Å². The van der Waals surface area contributed by atoms with Gasteiger partial charge < -0.3 is 9.84 Å². The van der Waals surface area contributed by atoms with E-state index < -0.39 is 23.9 Å². The van der Waals surface area contributed by atoms with Crippen molar-refractivity contribution in [3.05, 3.63) is 0 Å². The standard InChI is InChI=1S/C9H11NO6/c11-7-3-6(5-1-2-15-4-5)8(12)10(7)16-9(13)14/h5-6H,1-4H2,(H,13,14)/t5?,6-/m1/s1. The Bertz CT molecular complexity index is 335. The van der Waals surface area contributed by atoms with Crippen LogP contribution >= 0.6 is 0 Å². The fourth-order valence-electron chi connectivity index (χ4n) is 2.04. The Hall–Kier alpha value is -1.63. The maximum absolute atomic E-state index is 11.7. The third-order valence-corrected chi connectivity index (χ3v) is 2.84. The number of nitrogens with zero attached hydrogens (tertiary/aromatic N) is 1. The van der Waals surface area contributed by atoms with Gasteiger partial charge in [0.2, 0.25) is 0 Å². The van der Waals surface area contributed by atoms with Crippen molar-refractivity contribution < 1.29 is 29.1 Å². The number of carboxylic acid groups (broad SMARTS) is 1. The molecule has 2 aliphatic rings. The van der Waals surface area contributed by atoms with Crippen LogP contribution in [0, 0.1) is 11.8 Å². The van der Waals surface area contributed by atoms with E-state index in [2.05, 4.69) is 4.84 Å². The van der Waals surface area contributed by atoms with Gasteiger partial charge in [-0.25, -0.2) is 4.79 Å². The number of hydroxylamine groups is 2. The van der Waals surface area contributed by atoms with Crippen LogP contribution in [0.3, 0.4) is 0 Å². The zero-order valence-corrected chi connectivity index (χ0v) is 8.42. The van der Waals surface area contributed by atoms with Gasteiger partial charge in [-0.1, -0.05) is 5.06 Å². The fourth-order valence-corrected chi connectivity index (χ4v) is 2.04. The number of amides is 2. The van der Waals surface area contributed by atoms with Crippen LogP contribution in [0.1, 0.15) is 12.8 Å². The summed E-state index contributed by atoms with van der Waals surface area (Å²) in [7, 11) is 0. The molecule has 2 rings (SSSR count). The predicted octanol–water partition coefficient (Wildman–Crippen LogP) is 0.00760. The first kappa shape index (κ1) is 10.9. The Balaban J connectivity index is 2.06. The molecule has 0 spiro atoms. The lowest BCUT2D eigenvalue weighted by molar-refractivity contribution is -0.177. The molecule has 0 aliphatic carbocycles. The molecule has 0 bridgehead atoms. The van der Waals surface area contributed by atoms with E-state index in [9.17, 15) is 14.4 Å². The van der Waals surface area contributed by atoms with Gasteiger partial charge in [-0.05, 0) is 12.3 Å². The topological polar surface area (TPSA) is 93.1 Å². The minimum atomic E-state index is -1.66. The average molecular weight is 229 g/mol. The summed E-state index contributed by atoms with van der Waals surface area (Å²) >= 11 is 0. The van der Waals surface area contributed by atoms with Crippen molar-refractivity contribution >= 4 is 18.0 Å². The molecule has 0 aromatic carbocycles. The first-order valence-corrected chi connectivity index (χ1v) is 4.95. The molecule has 0 saturated carbocycles. The van der Waals surface area contributed by atoms with Crippen molar-refractivity contribution in [2.24, 2.45) is 11.8 Å². The molecule has 2 atom stereocenters. The Morgan fingerprint density at radius 3 is 2.81 bits per heavy atom. The summed E-state index contributed by atoms with van der Waals surface area (Å²) in [6, 6.07) is 0. The fraction of sp³-hybridized carbons (Fsp3) is 0.667. The van der Waals surface area contributed by atoms with Gasteiger partial charge >= 0.3 is 6.16 Å². The summed E-state index contributed by atoms with van der Waals surface area (Å²) in [4.78, 5) is 37.5. The van der Waals surface area contributed by atoms with Gasteiger partial charge in [0.25, 0.3) is 11.8 Å². The number of rotatable bonds is 2. The number of ether oxygens (including phenoxy) is 1. The van der Waals surface area contributed by atoms with E-state index in [4.69, 9.17) is 9.84 Å². The number of hydrogen-bond donors (Lipinski definition) is 1. The molecule has 7 nitrogen and oxygen atoms in total. The van der Waals surface area contributed by atoms with Crippen molar-refractivity contribution in [2.75, 3.05) is 13.2 Å². The van der Waals surface area contributed by atoms with Gasteiger partial charge in [0, 0.05) is 13.0 Å². The highest BCUT2D eigenvalue weighted by Crippen LogP contribution is 2.31. The van der Waals surface area contributed by atoms with Crippen LogP contribution in [0.4, 0.5) is 4.79 Å². The highest BCUT2D eigenvalue weighted by atomic mass is 16.8. The molecule has 2 heterocycles. The number of hydrogen-bond acceptors (Lipinski definition) is 5. The molecule has 7 heteroatoms. The van der Waals surface area contributed by atoms with Gasteiger partial charge in [0.05, 0.1) is 12.5 Å². The van der Waals surface area contributed by atoms with Crippen molar-refractivity contribution in [2.45, 2.75) is 12.8 Å². The van der Waals surface area contributed by atoms with Crippen molar-refractivity contribution in [1.82, 2.24) is 5.06 Å². The van der Waals surface area contributed by atoms with E-state index in [-0.39, 0.29) is 12.3 Å². The Labute approximate surface area is 90.9 Å². The smallest absolute Gasteiger partial charge is 0.448 e. The minimum absolute atomic E-state index is 0.000139. The van der Waals surface area contributed by atoms with E-state index in [0.29, 0.717) is 24.7 Å². The second-order valence-corrected chi connectivity index (χ2v) is 3.82. The summed E-state index contributed by atoms with van der Waals surface area (Å²) in [6.45, 7) is 1.01. The number of carbonyl (C=O) groups excluding carboxylic acids is 2. The van der Waals surface area contributed by atoms with Crippen LogP contribution in [0.25, 0.3) is 0 Å². The first-order valence-electron chi connectivity index (χ1n) is 4.95. The molecular weight excluding hydrogens is 218 g/mol. The molecule has 88 valence electrons. The van der Waals surface area contributed by atoms with Gasteiger partial charge in [0.15, 0.2) is 0 Å². The summed E-state index contributed by atoms with van der Waals surface area (Å²) in [5.41, 5.74) is 0. The minimum Gasteiger partial charge on any atom is -0.448 e. The summed E-state index contributed by atoms with van der Waals surface area (Å²) in [5, 5.41) is 8.71. The second-order valence-electron chi connectivity index (χ2n) is 3.82. The maximum Gasteiger partial charge on any atom is 0.531 e. The van der Waals surface area contributed by atoms with Crippen molar-refractivity contribution in [1.29, 1.82) is 0 Å². The highest BCUT2D eigenvalue weighted by Gasteiger charge is 2.46. The summed E-state index contributed by atoms with van der Waals surface area (Å²) in [6.07, 6.45) is -0.949. The zero-order chi connectivity index (χ0) is 11.7. The number of imide groups is 1. The molecule has 2 fully saturated rings. The van der Waals surface area contributed by atoms with Gasteiger partial charge in [-0.3, -0.25) is 14.4 Å². The van der Waals surface area contributed by atoms with Crippen LogP contribution in [0.15, 0.2) is 0 Å². The second kappa shape index (κ2) is 4.09. The lowest BCUT2D eigenvalue weighted by Crippen LogP contribution is -2.34. The number of carbonyl (C=O) groups is 3. The first-order chi connectivity index (χ1) is 7.59. The Morgan fingerprint density at radius 1 is 1.50 bits per heavy atom. The molecule has 0 aromatic rings. The Kier molecular flexibility index (Phi) is 2.78. The monoisotopic (exact) mass is 229 g/mol. The zero-order valence-electron chi connectivity index (χ0n) is 8.42. The van der Waals surface area contributed by atoms with Crippen LogP contribution in [0.2, 0.25) is 0 Å². The van der Waals surface area contributed by atoms with Crippen LogP contribution in [-0.2, 0) is 19.2 Å². The molecule has 2 saturated heterocycles. The van der Waals surface area contributed by atoms with E-state index >= 15 is 0 Å². The molecular formula is C9H11NO6. The molecule has 1 N–H and O–H groups in total. The van der Waals surface area contributed by atoms with Crippen LogP contribution in [0.5, 0.6) is 0 Å². The normalized spacial score (nSPS) is 29.9. The van der Waals surface area contributed by atoms with E-state index in [0.717, 1.165) is 0 Å². The predicted molar refractivity (Wildman–Crippen MR) is 48.0 cm³/mol. The summed E-state index contributed by atoms with van der Waals surface area (Å²) in [5.74, 6) is -1.71. The van der Waals surface area contributed by atoms with E-state index in [1.54, 1.807) is 0 Å². The maximum atomic E-state index is 11.7. The largest absolute Gasteiger partial charge is 0.531 e. The highest BCUT2D eigenvalue weighted by molar-refractivity contribution is 6.03. The Morgan fingerprint density at radius 2 is 2.25 bits per heavy atom. The molecule has 16 heavy (non-hydrogen) atoms. The van der Waals surface area contributed by atoms with Gasteiger partial charge in [-0.2, -0.15) is 0 Å². The van der Waals surface area contributed by atoms with E-state index in [1.807, 2.05) is 0 Å². The lowest BCUT2D eigenvalue weighted by atomic mass is 9.90. The summed E-state index contributed by atoms with van der Waals surface area (Å²) < 4.78 is 5.13. The lowest BCUT2D eigenvalue weighted by Gasteiger charge is -2.14. The van der Waals surface area contributed by atoms with Crippen molar-refractivity contribution in [3.8, 4) is 0 Å². The molecule has 0 radical (unpaired) electrons. The quantitative estimate of drug-likeness (QED) is 0.670. The van der Waals surface area contributed by atoms with E-state index in [1.165, 1.54) is 0 Å². The van der Waals surface area contributed by atoms with Gasteiger partial charge in [-0.15, -0.1) is 0 Å². The third kappa shape index (κ3) is 1.85. The van der Waals surface area contributed by atoms with Crippen molar-refractivity contribution in [3.63, 3.8) is 0 Å². The molecule has 2 amide bonds. The van der Waals surface area contributed by atoms with Crippen LogP contribution in [-0.4, -0.2) is 41.4 Å². The molecule has 2 aliphatic heterocycles. The molecule has 1 unspecified atom stereocenters.